The zero-order valence-electron chi connectivity index (χ0n) is 17.5. The van der Waals surface area contributed by atoms with Gasteiger partial charge >= 0.3 is 6.03 Å². The summed E-state index contributed by atoms with van der Waals surface area (Å²) in [6.07, 6.45) is 4.31. The monoisotopic (exact) mass is 406 g/mol. The molecule has 1 saturated heterocycles. The minimum absolute atomic E-state index is 0.266. The van der Waals surface area contributed by atoms with E-state index in [1.165, 1.54) is 5.56 Å². The van der Waals surface area contributed by atoms with Crippen molar-refractivity contribution in [3.8, 4) is 0 Å². The molecule has 0 aromatic heterocycles. The van der Waals surface area contributed by atoms with Crippen LogP contribution < -0.4 is 10.6 Å². The summed E-state index contributed by atoms with van der Waals surface area (Å²) in [6, 6.07) is 19.1. The molecule has 2 N–H and O–H groups in total. The van der Waals surface area contributed by atoms with Crippen LogP contribution in [0.15, 0.2) is 66.7 Å². The first-order chi connectivity index (χ1) is 14.6. The number of carbonyl (C=O) groups is 2. The van der Waals surface area contributed by atoms with E-state index in [0.717, 1.165) is 38.3 Å². The van der Waals surface area contributed by atoms with Gasteiger partial charge in [0.1, 0.15) is 0 Å². The molecular weight excluding hydrogens is 376 g/mol. The van der Waals surface area contributed by atoms with Crippen LogP contribution in [-0.4, -0.2) is 60.5 Å². The van der Waals surface area contributed by atoms with Gasteiger partial charge in [-0.1, -0.05) is 72.8 Å². The summed E-state index contributed by atoms with van der Waals surface area (Å²) in [4.78, 5) is 29.0. The molecule has 6 nitrogen and oxygen atoms in total. The van der Waals surface area contributed by atoms with Crippen LogP contribution in [0.25, 0.3) is 6.08 Å². The summed E-state index contributed by atoms with van der Waals surface area (Å²) in [5.41, 5.74) is 2.19. The molecule has 0 aliphatic carbocycles. The molecule has 1 aliphatic heterocycles. The summed E-state index contributed by atoms with van der Waals surface area (Å²) >= 11 is 0. The fourth-order valence-electron chi connectivity index (χ4n) is 3.44. The topological polar surface area (TPSA) is 64.7 Å². The zero-order chi connectivity index (χ0) is 21.2. The molecule has 1 fully saturated rings. The first-order valence-electron chi connectivity index (χ1n) is 10.4. The summed E-state index contributed by atoms with van der Waals surface area (Å²) in [7, 11) is 0. The zero-order valence-corrected chi connectivity index (χ0v) is 17.5. The van der Waals surface area contributed by atoms with Gasteiger partial charge in [0.15, 0.2) is 0 Å². The van der Waals surface area contributed by atoms with Gasteiger partial charge in [-0.2, -0.15) is 0 Å². The Labute approximate surface area is 178 Å². The molecular formula is C24H30N4O2. The van der Waals surface area contributed by atoms with E-state index < -0.39 is 6.03 Å². The molecule has 2 aromatic carbocycles. The quantitative estimate of drug-likeness (QED) is 0.742. The van der Waals surface area contributed by atoms with Gasteiger partial charge in [-0.3, -0.25) is 19.9 Å². The number of amides is 3. The fraction of sp³-hybridized carbons (Fsp3) is 0.333. The van der Waals surface area contributed by atoms with Crippen molar-refractivity contribution in [2.45, 2.75) is 19.5 Å². The lowest BCUT2D eigenvalue weighted by Gasteiger charge is -2.36. The molecule has 2 aromatic rings. The van der Waals surface area contributed by atoms with Crippen LogP contribution in [0, 0.1) is 0 Å². The van der Waals surface area contributed by atoms with E-state index in [1.807, 2.05) is 55.5 Å². The van der Waals surface area contributed by atoms with E-state index in [-0.39, 0.29) is 11.9 Å². The first-order valence-corrected chi connectivity index (χ1v) is 10.4. The minimum Gasteiger partial charge on any atom is -0.334 e. The third kappa shape index (κ3) is 6.83. The smallest absolute Gasteiger partial charge is 0.321 e. The predicted octanol–water partition coefficient (Wildman–Crippen LogP) is 2.73. The van der Waals surface area contributed by atoms with Gasteiger partial charge in [-0.25, -0.2) is 4.79 Å². The summed E-state index contributed by atoms with van der Waals surface area (Å²) in [5.74, 6) is -0.266. The molecule has 1 aliphatic rings. The second kappa shape index (κ2) is 11.3. The number of hydrogen-bond acceptors (Lipinski definition) is 4. The standard InChI is InChI=1S/C24H30N4O2/c1-20(23(29)26-24(30)25-19-22-11-6-3-7-12-22)28-17-15-27(16-18-28)14-8-13-21-9-4-2-5-10-21/h2-13,20H,14-19H2,1H3,(H2,25,26,29,30)/b13-8+/t20-/m0/s1. The van der Waals surface area contributed by atoms with Crippen LogP contribution in [-0.2, 0) is 11.3 Å². The second-order valence-electron chi connectivity index (χ2n) is 7.48. The van der Waals surface area contributed by atoms with Crippen molar-refractivity contribution in [1.29, 1.82) is 0 Å². The minimum atomic E-state index is -0.458. The van der Waals surface area contributed by atoms with Crippen molar-refractivity contribution in [2.75, 3.05) is 32.7 Å². The van der Waals surface area contributed by atoms with E-state index in [4.69, 9.17) is 0 Å². The average Bonchev–Trinajstić information content (AvgIpc) is 2.79. The molecule has 3 amide bonds. The Morgan fingerprint density at radius 2 is 1.60 bits per heavy atom. The Kier molecular flexibility index (Phi) is 8.18. The van der Waals surface area contributed by atoms with Gasteiger partial charge in [0, 0.05) is 39.3 Å². The van der Waals surface area contributed by atoms with E-state index >= 15 is 0 Å². The molecule has 0 spiro atoms. The Hall–Kier alpha value is -2.96. The Morgan fingerprint density at radius 3 is 2.27 bits per heavy atom. The van der Waals surface area contributed by atoms with Gasteiger partial charge in [-0.05, 0) is 18.1 Å². The number of nitrogens with one attached hydrogen (secondary N) is 2. The molecule has 3 rings (SSSR count). The summed E-state index contributed by atoms with van der Waals surface area (Å²) in [5, 5.41) is 5.18. The highest BCUT2D eigenvalue weighted by molar-refractivity contribution is 5.96. The van der Waals surface area contributed by atoms with E-state index in [2.05, 4.69) is 44.7 Å². The Morgan fingerprint density at radius 1 is 0.967 bits per heavy atom. The maximum absolute atomic E-state index is 12.4. The number of piperazine rings is 1. The Balaban J connectivity index is 1.36. The third-order valence-electron chi connectivity index (χ3n) is 5.34. The third-order valence-corrected chi connectivity index (χ3v) is 5.34. The van der Waals surface area contributed by atoms with Crippen molar-refractivity contribution >= 4 is 18.0 Å². The van der Waals surface area contributed by atoms with Crippen molar-refractivity contribution in [1.82, 2.24) is 20.4 Å². The van der Waals surface area contributed by atoms with Crippen LogP contribution in [0.5, 0.6) is 0 Å². The highest BCUT2D eigenvalue weighted by atomic mass is 16.2. The van der Waals surface area contributed by atoms with Crippen molar-refractivity contribution in [2.24, 2.45) is 0 Å². The number of rotatable bonds is 7. The van der Waals surface area contributed by atoms with Crippen molar-refractivity contribution < 1.29 is 9.59 Å². The number of imide groups is 1. The molecule has 0 radical (unpaired) electrons. The normalized spacial score (nSPS) is 16.3. The number of nitrogens with zero attached hydrogens (tertiary/aromatic N) is 2. The average molecular weight is 407 g/mol. The van der Waals surface area contributed by atoms with Crippen LogP contribution in [0.2, 0.25) is 0 Å². The van der Waals surface area contributed by atoms with Crippen LogP contribution in [0.1, 0.15) is 18.1 Å². The Bertz CT molecular complexity index is 831. The highest BCUT2D eigenvalue weighted by Gasteiger charge is 2.26. The van der Waals surface area contributed by atoms with Crippen LogP contribution in [0.4, 0.5) is 4.79 Å². The summed E-state index contributed by atoms with van der Waals surface area (Å²) < 4.78 is 0. The van der Waals surface area contributed by atoms with E-state index in [1.54, 1.807) is 0 Å². The van der Waals surface area contributed by atoms with E-state index in [9.17, 15) is 9.59 Å². The predicted molar refractivity (Wildman–Crippen MR) is 120 cm³/mol. The number of benzene rings is 2. The van der Waals surface area contributed by atoms with Gasteiger partial charge < -0.3 is 5.32 Å². The van der Waals surface area contributed by atoms with E-state index in [0.29, 0.717) is 6.54 Å². The SMILES string of the molecule is C[C@@H](C(=O)NC(=O)NCc1ccccc1)N1CCN(C/C=C/c2ccccc2)CC1. The fourth-order valence-corrected chi connectivity index (χ4v) is 3.44. The molecule has 0 saturated carbocycles. The van der Waals surface area contributed by atoms with Crippen molar-refractivity contribution in [3.05, 3.63) is 77.9 Å². The lowest BCUT2D eigenvalue weighted by atomic mass is 10.2. The van der Waals surface area contributed by atoms with Gasteiger partial charge in [0.2, 0.25) is 5.91 Å². The molecule has 0 bridgehead atoms. The molecule has 1 atom stereocenters. The van der Waals surface area contributed by atoms with Gasteiger partial charge in [0.25, 0.3) is 0 Å². The maximum atomic E-state index is 12.4. The lowest BCUT2D eigenvalue weighted by Crippen LogP contribution is -2.55. The molecule has 30 heavy (non-hydrogen) atoms. The largest absolute Gasteiger partial charge is 0.334 e. The number of urea groups is 1. The lowest BCUT2D eigenvalue weighted by molar-refractivity contribution is -0.125. The molecule has 158 valence electrons. The number of hydrogen-bond donors (Lipinski definition) is 2. The first kappa shape index (κ1) is 21.7. The number of carbonyl (C=O) groups excluding carboxylic acids is 2. The molecule has 0 unspecified atom stereocenters. The van der Waals surface area contributed by atoms with Crippen molar-refractivity contribution in [3.63, 3.8) is 0 Å². The van der Waals surface area contributed by atoms with Crippen LogP contribution in [0.3, 0.4) is 0 Å². The highest BCUT2D eigenvalue weighted by Crippen LogP contribution is 2.08. The van der Waals surface area contributed by atoms with Crippen LogP contribution >= 0.6 is 0 Å². The second-order valence-corrected chi connectivity index (χ2v) is 7.48. The maximum Gasteiger partial charge on any atom is 0.321 e. The van der Waals surface area contributed by atoms with Gasteiger partial charge in [0.05, 0.1) is 6.04 Å². The summed E-state index contributed by atoms with van der Waals surface area (Å²) in [6.45, 7) is 6.55. The molecule has 6 heteroatoms. The van der Waals surface area contributed by atoms with Gasteiger partial charge in [-0.15, -0.1) is 0 Å². The molecule has 1 heterocycles.